The molecule has 3 heterocycles. The molecule has 0 radical (unpaired) electrons. The highest BCUT2D eigenvalue weighted by molar-refractivity contribution is 7.08. The quantitative estimate of drug-likeness (QED) is 0.666. The lowest BCUT2D eigenvalue weighted by atomic mass is 10.1. The molecule has 1 aliphatic heterocycles. The number of hydrogen-bond donors (Lipinski definition) is 0. The second-order valence-corrected chi connectivity index (χ2v) is 7.53. The predicted molar refractivity (Wildman–Crippen MR) is 107 cm³/mol. The van der Waals surface area contributed by atoms with Crippen LogP contribution in [0, 0.1) is 5.82 Å². The zero-order chi connectivity index (χ0) is 18.6. The molecule has 27 heavy (non-hydrogen) atoms. The second kappa shape index (κ2) is 7.96. The smallest absolute Gasteiger partial charge is 0.225 e. The van der Waals surface area contributed by atoms with Gasteiger partial charge in [-0.05, 0) is 58.8 Å². The fourth-order valence-electron chi connectivity index (χ4n) is 3.58. The molecular formula is C21H22FN3OS. The summed E-state index contributed by atoms with van der Waals surface area (Å²) in [5.41, 5.74) is 2.18. The molecule has 0 spiro atoms. The van der Waals surface area contributed by atoms with E-state index >= 15 is 0 Å². The van der Waals surface area contributed by atoms with Crippen LogP contribution < -0.4 is 4.90 Å². The van der Waals surface area contributed by atoms with Crippen LogP contribution in [-0.2, 0) is 4.79 Å². The van der Waals surface area contributed by atoms with E-state index in [-0.39, 0.29) is 17.8 Å². The van der Waals surface area contributed by atoms with Gasteiger partial charge in [0.1, 0.15) is 5.82 Å². The monoisotopic (exact) mass is 383 g/mol. The van der Waals surface area contributed by atoms with Crippen LogP contribution in [0.1, 0.15) is 18.0 Å². The van der Waals surface area contributed by atoms with Gasteiger partial charge in [0.2, 0.25) is 5.91 Å². The van der Waals surface area contributed by atoms with E-state index in [1.54, 1.807) is 23.5 Å². The summed E-state index contributed by atoms with van der Waals surface area (Å²) in [6, 6.07) is 12.7. The number of rotatable bonds is 5. The van der Waals surface area contributed by atoms with Crippen molar-refractivity contribution in [3.63, 3.8) is 0 Å². The number of anilines is 1. The molecule has 1 saturated heterocycles. The number of halogens is 1. The first-order valence-electron chi connectivity index (χ1n) is 9.13. The van der Waals surface area contributed by atoms with E-state index in [0.717, 1.165) is 18.8 Å². The maximum atomic E-state index is 13.1. The second-order valence-electron chi connectivity index (χ2n) is 6.75. The molecule has 140 valence electrons. The lowest BCUT2D eigenvalue weighted by molar-refractivity contribution is -0.132. The molecule has 1 aromatic carbocycles. The maximum Gasteiger partial charge on any atom is 0.225 e. The van der Waals surface area contributed by atoms with Crippen LogP contribution in [0.4, 0.5) is 10.1 Å². The largest absolute Gasteiger partial charge is 0.368 e. The van der Waals surface area contributed by atoms with Crippen molar-refractivity contribution in [1.29, 1.82) is 0 Å². The molecule has 1 fully saturated rings. The molecule has 0 aliphatic carbocycles. The topological polar surface area (TPSA) is 28.5 Å². The Labute approximate surface area is 162 Å². The molecule has 6 heteroatoms. The fraction of sp³-hybridized carbons (Fsp3) is 0.286. The summed E-state index contributed by atoms with van der Waals surface area (Å²) in [4.78, 5) is 17.1. The third-order valence-corrected chi connectivity index (χ3v) is 5.81. The van der Waals surface area contributed by atoms with E-state index in [4.69, 9.17) is 0 Å². The van der Waals surface area contributed by atoms with E-state index in [9.17, 15) is 9.18 Å². The van der Waals surface area contributed by atoms with Crippen LogP contribution in [-0.4, -0.2) is 41.6 Å². The molecule has 1 atom stereocenters. The summed E-state index contributed by atoms with van der Waals surface area (Å²) in [5, 5.41) is 4.17. The Hall–Kier alpha value is -2.60. The number of piperazine rings is 1. The van der Waals surface area contributed by atoms with E-state index in [1.807, 2.05) is 29.4 Å². The van der Waals surface area contributed by atoms with E-state index in [0.29, 0.717) is 19.5 Å². The lowest BCUT2D eigenvalue weighted by Crippen LogP contribution is -2.49. The van der Waals surface area contributed by atoms with E-state index in [1.165, 1.54) is 17.7 Å². The van der Waals surface area contributed by atoms with Crippen molar-refractivity contribution in [3.8, 4) is 0 Å². The van der Waals surface area contributed by atoms with Crippen molar-refractivity contribution in [3.05, 3.63) is 77.0 Å². The van der Waals surface area contributed by atoms with Gasteiger partial charge in [-0.3, -0.25) is 4.79 Å². The number of amides is 1. The Morgan fingerprint density at radius 3 is 2.37 bits per heavy atom. The normalized spacial score (nSPS) is 15.7. The molecule has 1 amide bonds. The van der Waals surface area contributed by atoms with Gasteiger partial charge < -0.3 is 14.4 Å². The number of hydrogen-bond acceptors (Lipinski definition) is 3. The van der Waals surface area contributed by atoms with Crippen LogP contribution in [0.2, 0.25) is 0 Å². The Morgan fingerprint density at radius 2 is 1.74 bits per heavy atom. The van der Waals surface area contributed by atoms with E-state index in [2.05, 4.69) is 26.3 Å². The van der Waals surface area contributed by atoms with Crippen molar-refractivity contribution in [2.75, 3.05) is 31.1 Å². The number of aromatic nitrogens is 1. The van der Waals surface area contributed by atoms with Crippen LogP contribution in [0.15, 0.2) is 65.6 Å². The molecule has 4 nitrogen and oxygen atoms in total. The molecule has 2 aromatic heterocycles. The molecule has 4 rings (SSSR count). The molecule has 0 N–H and O–H groups in total. The summed E-state index contributed by atoms with van der Waals surface area (Å²) in [5.74, 6) is -0.0456. The maximum absolute atomic E-state index is 13.1. The van der Waals surface area contributed by atoms with Gasteiger partial charge in [-0.15, -0.1) is 0 Å². The predicted octanol–water partition coefficient (Wildman–Crippen LogP) is 4.02. The third kappa shape index (κ3) is 4.06. The number of carbonyl (C=O) groups excluding carboxylic acids is 1. The van der Waals surface area contributed by atoms with Crippen molar-refractivity contribution in [1.82, 2.24) is 9.47 Å². The number of benzene rings is 1. The van der Waals surface area contributed by atoms with Crippen LogP contribution in [0.5, 0.6) is 0 Å². The van der Waals surface area contributed by atoms with Gasteiger partial charge in [0.15, 0.2) is 0 Å². The lowest BCUT2D eigenvalue weighted by Gasteiger charge is -2.36. The Morgan fingerprint density at radius 1 is 1.04 bits per heavy atom. The summed E-state index contributed by atoms with van der Waals surface area (Å²) >= 11 is 1.66. The van der Waals surface area contributed by atoms with Crippen LogP contribution >= 0.6 is 11.3 Å². The van der Waals surface area contributed by atoms with Crippen LogP contribution in [0.25, 0.3) is 0 Å². The average molecular weight is 383 g/mol. The van der Waals surface area contributed by atoms with Gasteiger partial charge in [-0.2, -0.15) is 11.3 Å². The minimum absolute atomic E-state index is 0.0360. The van der Waals surface area contributed by atoms with Crippen molar-refractivity contribution in [2.45, 2.75) is 12.5 Å². The van der Waals surface area contributed by atoms with Gasteiger partial charge in [0, 0.05) is 44.3 Å². The van der Waals surface area contributed by atoms with Crippen molar-refractivity contribution in [2.24, 2.45) is 0 Å². The molecule has 0 unspecified atom stereocenters. The first-order chi connectivity index (χ1) is 13.2. The molecular weight excluding hydrogens is 361 g/mol. The summed E-state index contributed by atoms with van der Waals surface area (Å²) in [6.45, 7) is 2.92. The SMILES string of the molecule is O=C(C[C@@H](c1ccsc1)n1cccc1)N1CCN(c2ccc(F)cc2)CC1. The standard InChI is InChI=1S/C21H22FN3OS/c22-18-3-5-19(6-4-18)23-10-12-25(13-11-23)21(26)15-20(17-7-14-27-16-17)24-8-1-2-9-24/h1-9,14,16,20H,10-13,15H2/t20-/m0/s1. The Bertz CT molecular complexity index is 819. The van der Waals surface area contributed by atoms with Crippen molar-refractivity contribution < 1.29 is 9.18 Å². The highest BCUT2D eigenvalue weighted by Gasteiger charge is 2.25. The first-order valence-corrected chi connectivity index (χ1v) is 10.1. The van der Waals surface area contributed by atoms with Gasteiger partial charge in [-0.1, -0.05) is 0 Å². The number of thiophene rings is 1. The number of nitrogens with zero attached hydrogens (tertiary/aromatic N) is 3. The molecule has 0 saturated carbocycles. The van der Waals surface area contributed by atoms with Gasteiger partial charge in [-0.25, -0.2) is 4.39 Å². The highest BCUT2D eigenvalue weighted by Crippen LogP contribution is 2.26. The van der Waals surface area contributed by atoms with Gasteiger partial charge >= 0.3 is 0 Å². The number of carbonyl (C=O) groups is 1. The Kier molecular flexibility index (Phi) is 5.25. The zero-order valence-corrected chi connectivity index (χ0v) is 15.8. The molecule has 3 aromatic rings. The van der Waals surface area contributed by atoms with Gasteiger partial charge in [0.05, 0.1) is 12.5 Å². The minimum atomic E-state index is -0.225. The summed E-state index contributed by atoms with van der Waals surface area (Å²) in [7, 11) is 0. The van der Waals surface area contributed by atoms with Gasteiger partial charge in [0.25, 0.3) is 0 Å². The fourth-order valence-corrected chi connectivity index (χ4v) is 4.28. The summed E-state index contributed by atoms with van der Waals surface area (Å²) in [6.07, 6.45) is 4.49. The highest BCUT2D eigenvalue weighted by atomic mass is 32.1. The summed E-state index contributed by atoms with van der Waals surface area (Å²) < 4.78 is 15.2. The van der Waals surface area contributed by atoms with Crippen LogP contribution in [0.3, 0.4) is 0 Å². The third-order valence-electron chi connectivity index (χ3n) is 5.11. The zero-order valence-electron chi connectivity index (χ0n) is 15.0. The Balaban J connectivity index is 1.39. The molecule has 0 bridgehead atoms. The van der Waals surface area contributed by atoms with Crippen molar-refractivity contribution >= 4 is 22.9 Å². The molecule has 1 aliphatic rings. The average Bonchev–Trinajstić information content (AvgIpc) is 3.41. The van der Waals surface area contributed by atoms with E-state index < -0.39 is 0 Å². The minimum Gasteiger partial charge on any atom is -0.368 e. The first kappa shape index (κ1) is 17.8.